The maximum Gasteiger partial charge on any atom is 0.315 e. The van der Waals surface area contributed by atoms with Crippen molar-refractivity contribution in [3.8, 4) is 0 Å². The van der Waals surface area contributed by atoms with Gasteiger partial charge in [-0.15, -0.1) is 0 Å². The molecule has 2 aliphatic rings. The van der Waals surface area contributed by atoms with Gasteiger partial charge in [0.05, 0.1) is 24.4 Å². The molecular formula is C17H32N2O3. The van der Waals surface area contributed by atoms with Crippen LogP contribution in [0.25, 0.3) is 0 Å². The number of aliphatic hydroxyl groups is 1. The molecule has 3 atom stereocenters. The summed E-state index contributed by atoms with van der Waals surface area (Å²) in [5.74, 6) is 0.147. The van der Waals surface area contributed by atoms with E-state index in [2.05, 4.69) is 10.6 Å². The van der Waals surface area contributed by atoms with E-state index in [1.54, 1.807) is 0 Å². The first kappa shape index (κ1) is 17.5. The fourth-order valence-corrected chi connectivity index (χ4v) is 3.35. The van der Waals surface area contributed by atoms with Crippen LogP contribution < -0.4 is 10.6 Å². The SMILES string of the molecule is CC(C)C(O)CNC(=O)NC1CCCCC1OC1CCCC1. The Bertz CT molecular complexity index is 343. The molecule has 3 unspecified atom stereocenters. The van der Waals surface area contributed by atoms with Crippen LogP contribution in [0.1, 0.15) is 65.2 Å². The van der Waals surface area contributed by atoms with E-state index in [4.69, 9.17) is 4.74 Å². The third-order valence-corrected chi connectivity index (χ3v) is 4.93. The van der Waals surface area contributed by atoms with E-state index in [1.807, 2.05) is 13.8 Å². The maximum atomic E-state index is 12.0. The molecule has 0 saturated heterocycles. The van der Waals surface area contributed by atoms with Crippen LogP contribution in [0.4, 0.5) is 4.79 Å². The minimum Gasteiger partial charge on any atom is -0.391 e. The second kappa shape index (κ2) is 8.73. The van der Waals surface area contributed by atoms with Gasteiger partial charge in [-0.1, -0.05) is 39.5 Å². The normalized spacial score (nSPS) is 27.8. The van der Waals surface area contributed by atoms with Gasteiger partial charge in [-0.05, 0) is 31.6 Å². The summed E-state index contributed by atoms with van der Waals surface area (Å²) >= 11 is 0. The molecule has 0 heterocycles. The van der Waals surface area contributed by atoms with Crippen molar-refractivity contribution in [3.63, 3.8) is 0 Å². The summed E-state index contributed by atoms with van der Waals surface area (Å²) in [6.07, 6.45) is 9.25. The number of rotatable bonds is 6. The largest absolute Gasteiger partial charge is 0.391 e. The summed E-state index contributed by atoms with van der Waals surface area (Å²) in [4.78, 5) is 12.0. The maximum absolute atomic E-state index is 12.0. The van der Waals surface area contributed by atoms with Crippen LogP contribution >= 0.6 is 0 Å². The Morgan fingerprint density at radius 3 is 2.45 bits per heavy atom. The predicted molar refractivity (Wildman–Crippen MR) is 86.8 cm³/mol. The van der Waals surface area contributed by atoms with Gasteiger partial charge in [-0.3, -0.25) is 0 Å². The first-order valence-electron chi connectivity index (χ1n) is 8.94. The van der Waals surface area contributed by atoms with Gasteiger partial charge >= 0.3 is 6.03 Å². The third-order valence-electron chi connectivity index (χ3n) is 4.93. The standard InChI is InChI=1S/C17H32N2O3/c1-12(2)15(20)11-18-17(21)19-14-9-5-6-10-16(14)22-13-7-3-4-8-13/h12-16,20H,3-11H2,1-2H3,(H2,18,19,21). The first-order valence-corrected chi connectivity index (χ1v) is 8.94. The summed E-state index contributed by atoms with van der Waals surface area (Å²) in [7, 11) is 0. The van der Waals surface area contributed by atoms with Gasteiger partial charge in [0.15, 0.2) is 0 Å². The molecule has 2 amide bonds. The van der Waals surface area contributed by atoms with Gasteiger partial charge in [0.2, 0.25) is 0 Å². The van der Waals surface area contributed by atoms with Crippen LogP contribution in [0.15, 0.2) is 0 Å². The number of hydrogen-bond acceptors (Lipinski definition) is 3. The lowest BCUT2D eigenvalue weighted by molar-refractivity contribution is -0.0410. The van der Waals surface area contributed by atoms with Gasteiger partial charge in [0.25, 0.3) is 0 Å². The van der Waals surface area contributed by atoms with Crippen LogP contribution in [0.5, 0.6) is 0 Å². The smallest absolute Gasteiger partial charge is 0.315 e. The number of carbonyl (C=O) groups is 1. The first-order chi connectivity index (χ1) is 10.6. The Morgan fingerprint density at radius 1 is 1.14 bits per heavy atom. The van der Waals surface area contributed by atoms with Crippen molar-refractivity contribution in [1.29, 1.82) is 0 Å². The van der Waals surface area contributed by atoms with E-state index in [9.17, 15) is 9.90 Å². The topological polar surface area (TPSA) is 70.6 Å². The predicted octanol–water partition coefficient (Wildman–Crippen LogP) is 2.57. The van der Waals surface area contributed by atoms with Crippen molar-refractivity contribution in [2.45, 2.75) is 89.6 Å². The Balaban J connectivity index is 1.76. The average Bonchev–Trinajstić information content (AvgIpc) is 2.99. The molecule has 0 aromatic rings. The van der Waals surface area contributed by atoms with Crippen molar-refractivity contribution in [1.82, 2.24) is 10.6 Å². The van der Waals surface area contributed by atoms with E-state index in [-0.39, 0.29) is 24.1 Å². The number of nitrogens with one attached hydrogen (secondary N) is 2. The zero-order chi connectivity index (χ0) is 15.9. The quantitative estimate of drug-likeness (QED) is 0.706. The van der Waals surface area contributed by atoms with Crippen LogP contribution in [-0.2, 0) is 4.74 Å². The number of amides is 2. The lowest BCUT2D eigenvalue weighted by Crippen LogP contribution is -2.51. The van der Waals surface area contributed by atoms with E-state index in [0.717, 1.165) is 32.1 Å². The molecule has 0 spiro atoms. The molecule has 22 heavy (non-hydrogen) atoms. The van der Waals surface area contributed by atoms with Crippen LogP contribution in [0.2, 0.25) is 0 Å². The van der Waals surface area contributed by atoms with Gasteiger partial charge < -0.3 is 20.5 Å². The minimum absolute atomic E-state index is 0.102. The van der Waals surface area contributed by atoms with Crippen LogP contribution in [-0.4, -0.2) is 42.0 Å². The van der Waals surface area contributed by atoms with E-state index >= 15 is 0 Å². The molecule has 2 fully saturated rings. The molecule has 2 rings (SSSR count). The second-order valence-corrected chi connectivity index (χ2v) is 7.14. The number of hydrogen-bond donors (Lipinski definition) is 3. The summed E-state index contributed by atoms with van der Waals surface area (Å²) in [6, 6.07) is -0.0860. The fourth-order valence-electron chi connectivity index (χ4n) is 3.35. The minimum atomic E-state index is -0.498. The summed E-state index contributed by atoms with van der Waals surface area (Å²) in [5.41, 5.74) is 0. The fraction of sp³-hybridized carbons (Fsp3) is 0.941. The highest BCUT2D eigenvalue weighted by atomic mass is 16.5. The van der Waals surface area contributed by atoms with Crippen molar-refractivity contribution in [3.05, 3.63) is 0 Å². The molecule has 5 heteroatoms. The molecule has 5 nitrogen and oxygen atoms in total. The molecule has 2 saturated carbocycles. The van der Waals surface area contributed by atoms with Gasteiger partial charge in [-0.25, -0.2) is 4.79 Å². The highest BCUT2D eigenvalue weighted by Gasteiger charge is 2.30. The van der Waals surface area contributed by atoms with Crippen molar-refractivity contribution >= 4 is 6.03 Å². The van der Waals surface area contributed by atoms with Gasteiger partial charge in [0.1, 0.15) is 0 Å². The summed E-state index contributed by atoms with van der Waals surface area (Å²) < 4.78 is 6.24. The lowest BCUT2D eigenvalue weighted by Gasteiger charge is -2.34. The molecule has 2 aliphatic carbocycles. The van der Waals surface area contributed by atoms with Crippen molar-refractivity contribution in [2.24, 2.45) is 5.92 Å². The van der Waals surface area contributed by atoms with E-state index in [0.29, 0.717) is 12.6 Å². The number of aliphatic hydroxyl groups excluding tert-OH is 1. The molecule has 0 aromatic carbocycles. The Labute approximate surface area is 134 Å². The van der Waals surface area contributed by atoms with Crippen molar-refractivity contribution in [2.75, 3.05) is 6.54 Å². The highest BCUT2D eigenvalue weighted by molar-refractivity contribution is 5.74. The molecular weight excluding hydrogens is 280 g/mol. The van der Waals surface area contributed by atoms with Crippen molar-refractivity contribution < 1.29 is 14.6 Å². The van der Waals surface area contributed by atoms with Gasteiger partial charge in [-0.2, -0.15) is 0 Å². The Kier molecular flexibility index (Phi) is 6.96. The van der Waals surface area contributed by atoms with E-state index < -0.39 is 6.10 Å². The lowest BCUT2D eigenvalue weighted by atomic mass is 9.92. The second-order valence-electron chi connectivity index (χ2n) is 7.14. The highest BCUT2D eigenvalue weighted by Crippen LogP contribution is 2.28. The summed E-state index contributed by atoms with van der Waals surface area (Å²) in [5, 5.41) is 15.6. The molecule has 0 bridgehead atoms. The Morgan fingerprint density at radius 2 is 1.77 bits per heavy atom. The number of urea groups is 1. The van der Waals surface area contributed by atoms with Gasteiger partial charge in [0, 0.05) is 6.54 Å². The van der Waals surface area contributed by atoms with E-state index in [1.165, 1.54) is 19.3 Å². The molecule has 128 valence electrons. The molecule has 0 radical (unpaired) electrons. The number of carbonyl (C=O) groups excluding carboxylic acids is 1. The zero-order valence-corrected chi connectivity index (χ0v) is 14.0. The summed E-state index contributed by atoms with van der Waals surface area (Å²) in [6.45, 7) is 4.18. The van der Waals surface area contributed by atoms with Crippen LogP contribution in [0, 0.1) is 5.92 Å². The van der Waals surface area contributed by atoms with Crippen LogP contribution in [0.3, 0.4) is 0 Å². The molecule has 0 aromatic heterocycles. The molecule has 0 aliphatic heterocycles. The Hall–Kier alpha value is -0.810. The average molecular weight is 312 g/mol. The monoisotopic (exact) mass is 312 g/mol. The number of ether oxygens (including phenoxy) is 1. The zero-order valence-electron chi connectivity index (χ0n) is 14.0. The molecule has 3 N–H and O–H groups in total. The third kappa shape index (κ3) is 5.43.